The van der Waals surface area contributed by atoms with Crippen LogP contribution in [-0.2, 0) is 4.79 Å². The number of hydrogen-bond acceptors (Lipinski definition) is 5. The van der Waals surface area contributed by atoms with E-state index in [4.69, 9.17) is 9.47 Å². The SMILES string of the molecule is O=C(Nc1ccc2c(c1)OC1(CCCCC1)O2)C1CC1[N+](=O)[O-]. The normalized spacial score (nSPS) is 26.8. The van der Waals surface area contributed by atoms with Gasteiger partial charge >= 0.3 is 0 Å². The second kappa shape index (κ2) is 5.11. The summed E-state index contributed by atoms with van der Waals surface area (Å²) in [6.45, 7) is 0. The van der Waals surface area contributed by atoms with Crippen molar-refractivity contribution in [2.45, 2.75) is 50.4 Å². The fourth-order valence-electron chi connectivity index (χ4n) is 3.40. The van der Waals surface area contributed by atoms with E-state index in [0.717, 1.165) is 25.7 Å². The van der Waals surface area contributed by atoms with Crippen molar-refractivity contribution in [1.82, 2.24) is 0 Å². The maximum absolute atomic E-state index is 12.0. The Morgan fingerprint density at radius 3 is 2.65 bits per heavy atom. The molecule has 1 spiro atoms. The van der Waals surface area contributed by atoms with Crippen LogP contribution in [0.15, 0.2) is 18.2 Å². The van der Waals surface area contributed by atoms with Crippen molar-refractivity contribution in [2.75, 3.05) is 5.32 Å². The molecule has 1 amide bonds. The number of amides is 1. The van der Waals surface area contributed by atoms with E-state index in [1.54, 1.807) is 18.2 Å². The summed E-state index contributed by atoms with van der Waals surface area (Å²) in [7, 11) is 0. The lowest BCUT2D eigenvalue weighted by molar-refractivity contribution is -0.497. The zero-order valence-corrected chi connectivity index (χ0v) is 12.6. The molecule has 1 aliphatic heterocycles. The Morgan fingerprint density at radius 1 is 1.22 bits per heavy atom. The number of benzene rings is 1. The molecule has 2 aliphatic carbocycles. The number of nitrogens with one attached hydrogen (secondary N) is 1. The molecule has 4 rings (SSSR count). The molecular formula is C16H18N2O5. The maximum Gasteiger partial charge on any atom is 0.251 e. The Hall–Kier alpha value is -2.31. The molecule has 0 bridgehead atoms. The lowest BCUT2D eigenvalue weighted by Crippen LogP contribution is -2.40. The van der Waals surface area contributed by atoms with E-state index in [9.17, 15) is 14.9 Å². The molecule has 2 fully saturated rings. The fourth-order valence-corrected chi connectivity index (χ4v) is 3.40. The molecule has 7 heteroatoms. The topological polar surface area (TPSA) is 90.7 Å². The minimum atomic E-state index is -0.741. The molecule has 2 unspecified atom stereocenters. The molecule has 1 heterocycles. The van der Waals surface area contributed by atoms with Crippen LogP contribution in [0.5, 0.6) is 11.5 Å². The van der Waals surface area contributed by atoms with Crippen molar-refractivity contribution in [3.05, 3.63) is 28.3 Å². The molecule has 23 heavy (non-hydrogen) atoms. The summed E-state index contributed by atoms with van der Waals surface area (Å²) in [6, 6.07) is 4.52. The van der Waals surface area contributed by atoms with Crippen LogP contribution in [0.3, 0.4) is 0 Å². The van der Waals surface area contributed by atoms with Crippen molar-refractivity contribution < 1.29 is 19.2 Å². The number of hydrogen-bond donors (Lipinski definition) is 1. The van der Waals surface area contributed by atoms with Gasteiger partial charge in [-0.15, -0.1) is 0 Å². The summed E-state index contributed by atoms with van der Waals surface area (Å²) in [5, 5.41) is 13.4. The van der Waals surface area contributed by atoms with Gasteiger partial charge in [-0.1, -0.05) is 6.42 Å². The van der Waals surface area contributed by atoms with E-state index in [-0.39, 0.29) is 5.91 Å². The van der Waals surface area contributed by atoms with Gasteiger partial charge in [0.25, 0.3) is 5.79 Å². The first-order chi connectivity index (χ1) is 11.1. The van der Waals surface area contributed by atoms with Gasteiger partial charge in [0.2, 0.25) is 11.9 Å². The third-order valence-corrected chi connectivity index (χ3v) is 4.78. The van der Waals surface area contributed by atoms with Crippen molar-refractivity contribution >= 4 is 11.6 Å². The molecule has 0 radical (unpaired) electrons. The van der Waals surface area contributed by atoms with Gasteiger partial charge in [-0.25, -0.2) is 0 Å². The van der Waals surface area contributed by atoms with E-state index in [1.165, 1.54) is 6.42 Å². The molecule has 1 aromatic carbocycles. The summed E-state index contributed by atoms with van der Waals surface area (Å²) >= 11 is 0. The van der Waals surface area contributed by atoms with E-state index < -0.39 is 22.7 Å². The van der Waals surface area contributed by atoms with Crippen LogP contribution in [0.1, 0.15) is 38.5 Å². The van der Waals surface area contributed by atoms with Crippen molar-refractivity contribution in [1.29, 1.82) is 0 Å². The highest BCUT2D eigenvalue weighted by molar-refractivity contribution is 5.95. The van der Waals surface area contributed by atoms with Crippen LogP contribution in [-0.4, -0.2) is 22.7 Å². The first-order valence-electron chi connectivity index (χ1n) is 8.03. The second-order valence-electron chi connectivity index (χ2n) is 6.52. The van der Waals surface area contributed by atoms with Crippen LogP contribution in [0.25, 0.3) is 0 Å². The Bertz CT molecular complexity index is 668. The minimum absolute atomic E-state index is 0.307. The van der Waals surface area contributed by atoms with Crippen molar-refractivity contribution in [3.63, 3.8) is 0 Å². The highest BCUT2D eigenvalue weighted by Gasteiger charge is 2.53. The van der Waals surface area contributed by atoms with Crippen LogP contribution in [0.2, 0.25) is 0 Å². The van der Waals surface area contributed by atoms with Crippen molar-refractivity contribution in [3.8, 4) is 11.5 Å². The summed E-state index contributed by atoms with van der Waals surface area (Å²) in [6.07, 6.45) is 5.42. The van der Waals surface area contributed by atoms with Gasteiger partial charge in [0.05, 0.1) is 0 Å². The molecule has 7 nitrogen and oxygen atoms in total. The van der Waals surface area contributed by atoms with Gasteiger partial charge < -0.3 is 14.8 Å². The Labute approximate surface area is 133 Å². The molecule has 1 N–H and O–H groups in total. The number of rotatable bonds is 3. The van der Waals surface area contributed by atoms with E-state index in [1.807, 2.05) is 0 Å². The molecule has 1 aromatic rings. The smallest absolute Gasteiger partial charge is 0.251 e. The fraction of sp³-hybridized carbons (Fsp3) is 0.562. The number of nitro groups is 1. The molecule has 0 saturated heterocycles. The van der Waals surface area contributed by atoms with Gasteiger partial charge in [0.15, 0.2) is 11.5 Å². The Kier molecular flexibility index (Phi) is 3.18. The highest BCUT2D eigenvalue weighted by atomic mass is 16.7. The summed E-state index contributed by atoms with van der Waals surface area (Å²) < 4.78 is 12.0. The number of carbonyl (C=O) groups is 1. The minimum Gasteiger partial charge on any atom is -0.448 e. The first-order valence-corrected chi connectivity index (χ1v) is 8.03. The largest absolute Gasteiger partial charge is 0.448 e. The summed E-state index contributed by atoms with van der Waals surface area (Å²) in [4.78, 5) is 22.2. The number of fused-ring (bicyclic) bond motifs is 1. The zero-order valence-electron chi connectivity index (χ0n) is 12.6. The maximum atomic E-state index is 12.0. The van der Waals surface area contributed by atoms with Gasteiger partial charge in [-0.3, -0.25) is 14.9 Å². The molecule has 3 aliphatic rings. The van der Waals surface area contributed by atoms with Gasteiger partial charge in [0, 0.05) is 35.9 Å². The molecule has 2 atom stereocenters. The van der Waals surface area contributed by atoms with Gasteiger partial charge in [-0.05, 0) is 25.0 Å². The van der Waals surface area contributed by atoms with Crippen molar-refractivity contribution in [2.24, 2.45) is 5.92 Å². The van der Waals surface area contributed by atoms with Gasteiger partial charge in [-0.2, -0.15) is 0 Å². The van der Waals surface area contributed by atoms with Gasteiger partial charge in [0.1, 0.15) is 5.92 Å². The average molecular weight is 318 g/mol. The van der Waals surface area contributed by atoms with Crippen LogP contribution in [0.4, 0.5) is 5.69 Å². The quantitative estimate of drug-likeness (QED) is 0.683. The molecule has 0 aromatic heterocycles. The molecule has 2 saturated carbocycles. The number of ether oxygens (including phenoxy) is 2. The third kappa shape index (κ3) is 2.60. The third-order valence-electron chi connectivity index (χ3n) is 4.78. The van der Waals surface area contributed by atoms with E-state index in [2.05, 4.69) is 5.32 Å². The summed E-state index contributed by atoms with van der Waals surface area (Å²) in [5.74, 6) is -0.0555. The number of nitrogens with zero attached hydrogens (tertiary/aromatic N) is 1. The van der Waals surface area contributed by atoms with E-state index >= 15 is 0 Å². The number of carbonyl (C=O) groups excluding carboxylic acids is 1. The average Bonchev–Trinajstić information content (AvgIpc) is 3.26. The lowest BCUT2D eigenvalue weighted by atomic mass is 9.94. The van der Waals surface area contributed by atoms with Crippen LogP contribution >= 0.6 is 0 Å². The number of anilines is 1. The molecule has 122 valence electrons. The Morgan fingerprint density at radius 2 is 1.96 bits per heavy atom. The summed E-state index contributed by atoms with van der Waals surface area (Å²) in [5.41, 5.74) is 0.583. The highest BCUT2D eigenvalue weighted by Crippen LogP contribution is 2.46. The second-order valence-corrected chi connectivity index (χ2v) is 6.52. The zero-order chi connectivity index (χ0) is 16.0. The lowest BCUT2D eigenvalue weighted by Gasteiger charge is -2.31. The van der Waals surface area contributed by atoms with Crippen LogP contribution in [0, 0.1) is 16.0 Å². The van der Waals surface area contributed by atoms with E-state index in [0.29, 0.717) is 23.6 Å². The standard InChI is InChI=1S/C16H18N2O5/c19-15(11-9-12(11)18(20)21)17-10-4-5-13-14(8-10)23-16(22-13)6-2-1-3-7-16/h4-5,8,11-12H,1-3,6-7,9H2,(H,17,19). The monoisotopic (exact) mass is 318 g/mol. The predicted octanol–water partition coefficient (Wildman–Crippen LogP) is 2.72. The Balaban J connectivity index is 1.44. The predicted molar refractivity (Wildman–Crippen MR) is 81.0 cm³/mol. The van der Waals surface area contributed by atoms with Crippen LogP contribution < -0.4 is 14.8 Å². The first kappa shape index (κ1) is 14.3. The molecular weight excluding hydrogens is 300 g/mol.